The molecule has 0 bridgehead atoms. The second-order valence-corrected chi connectivity index (χ2v) is 3.04. The Labute approximate surface area is 78.0 Å². The monoisotopic (exact) mass is 184 g/mol. The Bertz CT molecular complexity index is 238. The molecule has 0 saturated heterocycles. The Morgan fingerprint density at radius 2 is 2.42 bits per heavy atom. The molecule has 2 nitrogen and oxygen atoms in total. The van der Waals surface area contributed by atoms with Crippen LogP contribution in [0.25, 0.3) is 0 Å². The van der Waals surface area contributed by atoms with Crippen LogP contribution in [-0.2, 0) is 0 Å². The van der Waals surface area contributed by atoms with Gasteiger partial charge in [-0.15, -0.1) is 0 Å². The molecular formula is C9H13ClN2. The summed E-state index contributed by atoms with van der Waals surface area (Å²) in [5, 5.41) is 3.93. The number of unbranched alkanes of at least 4 members (excludes halogenated alkanes) is 1. The third kappa shape index (κ3) is 2.70. The molecule has 1 aromatic rings. The van der Waals surface area contributed by atoms with Crippen LogP contribution >= 0.6 is 11.6 Å². The summed E-state index contributed by atoms with van der Waals surface area (Å²) in [6.45, 7) is 3.13. The fourth-order valence-electron chi connectivity index (χ4n) is 0.918. The molecule has 0 aliphatic carbocycles. The van der Waals surface area contributed by atoms with E-state index in [1.54, 1.807) is 12.4 Å². The first-order valence-corrected chi connectivity index (χ1v) is 4.55. The Kier molecular flexibility index (Phi) is 3.88. The van der Waals surface area contributed by atoms with Gasteiger partial charge >= 0.3 is 0 Å². The van der Waals surface area contributed by atoms with Gasteiger partial charge in [-0.1, -0.05) is 24.9 Å². The lowest BCUT2D eigenvalue weighted by atomic mass is 10.3. The van der Waals surface area contributed by atoms with E-state index in [2.05, 4.69) is 17.2 Å². The van der Waals surface area contributed by atoms with Crippen molar-refractivity contribution in [3.63, 3.8) is 0 Å². The summed E-state index contributed by atoms with van der Waals surface area (Å²) in [5.41, 5.74) is 0.972. The molecule has 1 rings (SSSR count). The number of aromatic nitrogens is 1. The lowest BCUT2D eigenvalue weighted by Crippen LogP contribution is -2.01. The molecule has 0 amide bonds. The fourth-order valence-corrected chi connectivity index (χ4v) is 1.10. The van der Waals surface area contributed by atoms with E-state index >= 15 is 0 Å². The Hall–Kier alpha value is -0.760. The molecule has 1 aromatic heterocycles. The number of rotatable bonds is 4. The highest BCUT2D eigenvalue weighted by molar-refractivity contribution is 6.33. The van der Waals surface area contributed by atoms with Gasteiger partial charge in [0.1, 0.15) is 0 Å². The van der Waals surface area contributed by atoms with Crippen LogP contribution in [0, 0.1) is 0 Å². The summed E-state index contributed by atoms with van der Waals surface area (Å²) in [4.78, 5) is 3.90. The number of pyridine rings is 1. The predicted octanol–water partition coefficient (Wildman–Crippen LogP) is 2.95. The van der Waals surface area contributed by atoms with Gasteiger partial charge in [0.2, 0.25) is 0 Å². The molecule has 0 spiro atoms. The zero-order valence-corrected chi connectivity index (χ0v) is 7.93. The number of hydrogen-bond donors (Lipinski definition) is 1. The second-order valence-electron chi connectivity index (χ2n) is 2.64. The van der Waals surface area contributed by atoms with Crippen LogP contribution in [0.1, 0.15) is 19.8 Å². The largest absolute Gasteiger partial charge is 0.384 e. The third-order valence-corrected chi connectivity index (χ3v) is 1.92. The van der Waals surface area contributed by atoms with Crippen molar-refractivity contribution < 1.29 is 0 Å². The van der Waals surface area contributed by atoms with Crippen molar-refractivity contribution in [3.05, 3.63) is 23.5 Å². The van der Waals surface area contributed by atoms with Crippen molar-refractivity contribution in [2.75, 3.05) is 11.9 Å². The highest BCUT2D eigenvalue weighted by Gasteiger charge is 1.96. The van der Waals surface area contributed by atoms with Gasteiger partial charge in [0.25, 0.3) is 0 Å². The molecule has 0 atom stereocenters. The minimum atomic E-state index is 0.689. The van der Waals surface area contributed by atoms with Crippen molar-refractivity contribution in [2.24, 2.45) is 0 Å². The molecule has 1 heterocycles. The lowest BCUT2D eigenvalue weighted by Gasteiger charge is -2.05. The van der Waals surface area contributed by atoms with E-state index in [1.165, 1.54) is 12.8 Å². The van der Waals surface area contributed by atoms with Crippen LogP contribution in [0.3, 0.4) is 0 Å². The first kappa shape index (κ1) is 9.33. The molecule has 0 aliphatic heterocycles. The van der Waals surface area contributed by atoms with Crippen LogP contribution in [0.4, 0.5) is 5.69 Å². The van der Waals surface area contributed by atoms with Crippen molar-refractivity contribution in [1.29, 1.82) is 0 Å². The smallest absolute Gasteiger partial charge is 0.0820 e. The van der Waals surface area contributed by atoms with Crippen molar-refractivity contribution >= 4 is 17.3 Å². The molecule has 3 heteroatoms. The molecule has 12 heavy (non-hydrogen) atoms. The number of nitrogens with zero attached hydrogens (tertiary/aromatic N) is 1. The lowest BCUT2D eigenvalue weighted by molar-refractivity contribution is 0.834. The first-order chi connectivity index (χ1) is 5.84. The summed E-state index contributed by atoms with van der Waals surface area (Å²) >= 11 is 5.88. The average molecular weight is 185 g/mol. The maximum atomic E-state index is 5.88. The second kappa shape index (κ2) is 4.99. The maximum absolute atomic E-state index is 5.88. The molecule has 0 aromatic carbocycles. The van der Waals surface area contributed by atoms with E-state index in [9.17, 15) is 0 Å². The van der Waals surface area contributed by atoms with Crippen molar-refractivity contribution in [2.45, 2.75) is 19.8 Å². The predicted molar refractivity (Wildman–Crippen MR) is 52.6 cm³/mol. The minimum Gasteiger partial charge on any atom is -0.384 e. The first-order valence-electron chi connectivity index (χ1n) is 4.18. The maximum Gasteiger partial charge on any atom is 0.0820 e. The van der Waals surface area contributed by atoms with Gasteiger partial charge in [0, 0.05) is 18.9 Å². The summed E-state index contributed by atoms with van der Waals surface area (Å²) in [6, 6.07) is 1.89. The van der Waals surface area contributed by atoms with Gasteiger partial charge in [-0.3, -0.25) is 4.98 Å². The van der Waals surface area contributed by atoms with Gasteiger partial charge in [-0.25, -0.2) is 0 Å². The van der Waals surface area contributed by atoms with Crippen molar-refractivity contribution in [1.82, 2.24) is 4.98 Å². The molecule has 0 unspecified atom stereocenters. The molecule has 0 fully saturated rings. The topological polar surface area (TPSA) is 24.9 Å². The SMILES string of the molecule is CCCCNc1ccncc1Cl. The van der Waals surface area contributed by atoms with Gasteiger partial charge in [0.05, 0.1) is 10.7 Å². The molecule has 1 N–H and O–H groups in total. The summed E-state index contributed by atoms with van der Waals surface area (Å²) in [6.07, 6.45) is 5.74. The minimum absolute atomic E-state index is 0.689. The van der Waals surface area contributed by atoms with E-state index < -0.39 is 0 Å². The number of hydrogen-bond acceptors (Lipinski definition) is 2. The van der Waals surface area contributed by atoms with Crippen LogP contribution < -0.4 is 5.32 Å². The van der Waals surface area contributed by atoms with E-state index in [-0.39, 0.29) is 0 Å². The number of anilines is 1. The van der Waals surface area contributed by atoms with Gasteiger partial charge < -0.3 is 5.32 Å². The normalized spacial score (nSPS) is 9.83. The number of halogens is 1. The van der Waals surface area contributed by atoms with Crippen LogP contribution in [-0.4, -0.2) is 11.5 Å². The summed E-state index contributed by atoms with van der Waals surface area (Å²) < 4.78 is 0. The van der Waals surface area contributed by atoms with Gasteiger partial charge in [-0.05, 0) is 12.5 Å². The van der Waals surface area contributed by atoms with E-state index in [4.69, 9.17) is 11.6 Å². The van der Waals surface area contributed by atoms with E-state index in [1.807, 2.05) is 6.07 Å². The van der Waals surface area contributed by atoms with Crippen LogP contribution in [0.2, 0.25) is 5.02 Å². The highest BCUT2D eigenvalue weighted by Crippen LogP contribution is 2.18. The summed E-state index contributed by atoms with van der Waals surface area (Å²) in [7, 11) is 0. The molecule has 66 valence electrons. The van der Waals surface area contributed by atoms with Crippen LogP contribution in [0.5, 0.6) is 0 Å². The quantitative estimate of drug-likeness (QED) is 0.728. The van der Waals surface area contributed by atoms with Crippen molar-refractivity contribution in [3.8, 4) is 0 Å². The molecule has 0 saturated carbocycles. The Morgan fingerprint density at radius 1 is 1.58 bits per heavy atom. The van der Waals surface area contributed by atoms with Gasteiger partial charge in [-0.2, -0.15) is 0 Å². The molecule has 0 aliphatic rings. The average Bonchev–Trinajstić information content (AvgIpc) is 2.09. The molecule has 0 radical (unpaired) electrons. The van der Waals surface area contributed by atoms with E-state index in [0.29, 0.717) is 5.02 Å². The zero-order valence-electron chi connectivity index (χ0n) is 7.18. The van der Waals surface area contributed by atoms with Crippen LogP contribution in [0.15, 0.2) is 18.5 Å². The van der Waals surface area contributed by atoms with Gasteiger partial charge in [0.15, 0.2) is 0 Å². The fraction of sp³-hybridized carbons (Fsp3) is 0.444. The highest BCUT2D eigenvalue weighted by atomic mass is 35.5. The third-order valence-electron chi connectivity index (χ3n) is 1.62. The Morgan fingerprint density at radius 3 is 3.08 bits per heavy atom. The molecular weight excluding hydrogens is 172 g/mol. The zero-order chi connectivity index (χ0) is 8.81. The Balaban J connectivity index is 2.46. The number of nitrogens with one attached hydrogen (secondary N) is 1. The summed E-state index contributed by atoms with van der Waals surface area (Å²) in [5.74, 6) is 0. The standard InChI is InChI=1S/C9H13ClN2/c1-2-3-5-12-9-4-6-11-7-8(9)10/h4,6-7H,2-3,5H2,1H3,(H,11,12). The van der Waals surface area contributed by atoms with E-state index in [0.717, 1.165) is 12.2 Å².